The van der Waals surface area contributed by atoms with Crippen molar-refractivity contribution in [3.63, 3.8) is 0 Å². The molecule has 136 valence electrons. The number of hydrogen-bond donors (Lipinski definition) is 2. The molecule has 0 unspecified atom stereocenters. The first-order chi connectivity index (χ1) is 12.6. The van der Waals surface area contributed by atoms with Gasteiger partial charge in [-0.3, -0.25) is 9.78 Å². The SMILES string of the molecule is CC(=O)N[C@H]1CCN(C(=O)Nc2ccc(OCc3ccccn3)cc2)C1. The molecule has 7 heteroatoms. The summed E-state index contributed by atoms with van der Waals surface area (Å²) >= 11 is 0. The molecule has 1 saturated heterocycles. The number of amides is 3. The van der Waals surface area contributed by atoms with E-state index in [9.17, 15) is 9.59 Å². The van der Waals surface area contributed by atoms with Crippen LogP contribution in [0, 0.1) is 0 Å². The maximum Gasteiger partial charge on any atom is 0.321 e. The van der Waals surface area contributed by atoms with Crippen molar-refractivity contribution in [2.45, 2.75) is 26.0 Å². The number of benzene rings is 1. The fraction of sp³-hybridized carbons (Fsp3) is 0.316. The van der Waals surface area contributed by atoms with Crippen LogP contribution in [0.1, 0.15) is 19.0 Å². The molecule has 1 atom stereocenters. The van der Waals surface area contributed by atoms with Gasteiger partial charge in [0.15, 0.2) is 0 Å². The van der Waals surface area contributed by atoms with Crippen molar-refractivity contribution in [3.8, 4) is 5.75 Å². The largest absolute Gasteiger partial charge is 0.487 e. The molecule has 1 fully saturated rings. The van der Waals surface area contributed by atoms with Gasteiger partial charge in [-0.25, -0.2) is 4.79 Å². The van der Waals surface area contributed by atoms with E-state index in [4.69, 9.17) is 4.74 Å². The van der Waals surface area contributed by atoms with Gasteiger partial charge in [0.1, 0.15) is 12.4 Å². The van der Waals surface area contributed by atoms with E-state index in [0.717, 1.165) is 12.1 Å². The molecular formula is C19H22N4O3. The van der Waals surface area contributed by atoms with E-state index in [1.54, 1.807) is 23.2 Å². The summed E-state index contributed by atoms with van der Waals surface area (Å²) in [5, 5.41) is 5.71. The minimum absolute atomic E-state index is 0.0284. The van der Waals surface area contributed by atoms with Gasteiger partial charge in [-0.2, -0.15) is 0 Å². The number of likely N-dealkylation sites (tertiary alicyclic amines) is 1. The molecule has 3 amide bonds. The summed E-state index contributed by atoms with van der Waals surface area (Å²) in [6.45, 7) is 3.03. The van der Waals surface area contributed by atoms with Crippen LogP contribution < -0.4 is 15.4 Å². The smallest absolute Gasteiger partial charge is 0.321 e. The van der Waals surface area contributed by atoms with Crippen LogP contribution >= 0.6 is 0 Å². The molecule has 2 heterocycles. The molecule has 0 radical (unpaired) electrons. The van der Waals surface area contributed by atoms with E-state index in [1.165, 1.54) is 6.92 Å². The number of rotatable bonds is 5. The fourth-order valence-corrected chi connectivity index (χ4v) is 2.83. The molecule has 1 aromatic carbocycles. The van der Waals surface area contributed by atoms with Gasteiger partial charge >= 0.3 is 6.03 Å². The second-order valence-electron chi connectivity index (χ2n) is 6.20. The van der Waals surface area contributed by atoms with Crippen molar-refractivity contribution in [1.82, 2.24) is 15.2 Å². The second kappa shape index (κ2) is 8.33. The number of anilines is 1. The van der Waals surface area contributed by atoms with E-state index in [-0.39, 0.29) is 18.0 Å². The van der Waals surface area contributed by atoms with E-state index in [0.29, 0.717) is 31.1 Å². The Morgan fingerprint density at radius 1 is 1.23 bits per heavy atom. The third-order valence-electron chi connectivity index (χ3n) is 4.10. The number of carbonyl (C=O) groups excluding carboxylic acids is 2. The highest BCUT2D eigenvalue weighted by Gasteiger charge is 2.26. The van der Waals surface area contributed by atoms with Crippen molar-refractivity contribution >= 4 is 17.6 Å². The summed E-state index contributed by atoms with van der Waals surface area (Å²) in [6.07, 6.45) is 2.50. The maximum absolute atomic E-state index is 12.3. The van der Waals surface area contributed by atoms with Gasteiger partial charge in [-0.15, -0.1) is 0 Å². The van der Waals surface area contributed by atoms with E-state index < -0.39 is 0 Å². The van der Waals surface area contributed by atoms with Crippen LogP contribution in [0.4, 0.5) is 10.5 Å². The summed E-state index contributed by atoms with van der Waals surface area (Å²) in [4.78, 5) is 29.3. The molecule has 1 aliphatic heterocycles. The second-order valence-corrected chi connectivity index (χ2v) is 6.20. The highest BCUT2D eigenvalue weighted by atomic mass is 16.5. The number of urea groups is 1. The van der Waals surface area contributed by atoms with Gasteiger partial charge in [0, 0.05) is 37.9 Å². The molecule has 2 aromatic rings. The monoisotopic (exact) mass is 354 g/mol. The number of carbonyl (C=O) groups is 2. The number of pyridine rings is 1. The number of aromatic nitrogens is 1. The summed E-state index contributed by atoms with van der Waals surface area (Å²) in [6, 6.07) is 12.8. The lowest BCUT2D eigenvalue weighted by molar-refractivity contribution is -0.119. The summed E-state index contributed by atoms with van der Waals surface area (Å²) < 4.78 is 5.68. The lowest BCUT2D eigenvalue weighted by Gasteiger charge is -2.17. The number of ether oxygens (including phenoxy) is 1. The van der Waals surface area contributed by atoms with Crippen molar-refractivity contribution in [1.29, 1.82) is 0 Å². The highest BCUT2D eigenvalue weighted by Crippen LogP contribution is 2.18. The molecular weight excluding hydrogens is 332 g/mol. The maximum atomic E-state index is 12.3. The summed E-state index contributed by atoms with van der Waals surface area (Å²) in [5.74, 6) is 0.638. The number of hydrogen-bond acceptors (Lipinski definition) is 4. The molecule has 2 N–H and O–H groups in total. The molecule has 1 aromatic heterocycles. The zero-order valence-electron chi connectivity index (χ0n) is 14.6. The predicted molar refractivity (Wildman–Crippen MR) is 97.8 cm³/mol. The molecule has 7 nitrogen and oxygen atoms in total. The Morgan fingerprint density at radius 2 is 2.04 bits per heavy atom. The van der Waals surface area contributed by atoms with Gasteiger partial charge in [-0.05, 0) is 42.8 Å². The normalized spacial score (nSPS) is 16.2. The summed E-state index contributed by atoms with van der Waals surface area (Å²) in [7, 11) is 0. The Labute approximate surface area is 152 Å². The first kappa shape index (κ1) is 17.7. The van der Waals surface area contributed by atoms with Crippen LogP contribution in [0.2, 0.25) is 0 Å². The van der Waals surface area contributed by atoms with Crippen LogP contribution in [0.3, 0.4) is 0 Å². The Kier molecular flexibility index (Phi) is 5.68. The Hall–Kier alpha value is -3.09. The van der Waals surface area contributed by atoms with Crippen LogP contribution in [-0.4, -0.2) is 41.0 Å². The predicted octanol–water partition coefficient (Wildman–Crippen LogP) is 2.40. The van der Waals surface area contributed by atoms with Crippen molar-refractivity contribution in [2.24, 2.45) is 0 Å². The van der Waals surface area contributed by atoms with Crippen LogP contribution in [0.5, 0.6) is 5.75 Å². The van der Waals surface area contributed by atoms with Crippen molar-refractivity contribution in [2.75, 3.05) is 18.4 Å². The molecule has 0 bridgehead atoms. The lowest BCUT2D eigenvalue weighted by Crippen LogP contribution is -2.38. The standard InChI is InChI=1S/C19H22N4O3/c1-14(24)21-16-9-11-23(12-16)19(25)22-15-5-7-18(8-6-15)26-13-17-4-2-3-10-20-17/h2-8,10,16H,9,11-13H2,1H3,(H,21,24)(H,22,25)/t16-/m0/s1. The van der Waals surface area contributed by atoms with Gasteiger partial charge in [0.25, 0.3) is 0 Å². The number of nitrogens with zero attached hydrogens (tertiary/aromatic N) is 2. The van der Waals surface area contributed by atoms with E-state index in [2.05, 4.69) is 15.6 Å². The fourth-order valence-electron chi connectivity index (χ4n) is 2.83. The lowest BCUT2D eigenvalue weighted by atomic mass is 10.3. The summed E-state index contributed by atoms with van der Waals surface area (Å²) in [5.41, 5.74) is 1.55. The van der Waals surface area contributed by atoms with Gasteiger partial charge < -0.3 is 20.3 Å². The topological polar surface area (TPSA) is 83.6 Å². The molecule has 0 spiro atoms. The van der Waals surface area contributed by atoms with Crippen molar-refractivity contribution in [3.05, 3.63) is 54.4 Å². The van der Waals surface area contributed by atoms with Crippen LogP contribution in [0.25, 0.3) is 0 Å². The Bertz CT molecular complexity index is 749. The Balaban J connectivity index is 1.48. The van der Waals surface area contributed by atoms with Gasteiger partial charge in [0.05, 0.1) is 5.69 Å². The molecule has 1 aliphatic rings. The quantitative estimate of drug-likeness (QED) is 0.864. The highest BCUT2D eigenvalue weighted by molar-refractivity contribution is 5.89. The van der Waals surface area contributed by atoms with Gasteiger partial charge in [0.2, 0.25) is 5.91 Å². The number of nitrogens with one attached hydrogen (secondary N) is 2. The first-order valence-corrected chi connectivity index (χ1v) is 8.56. The zero-order chi connectivity index (χ0) is 18.4. The minimum atomic E-state index is -0.167. The minimum Gasteiger partial charge on any atom is -0.487 e. The Morgan fingerprint density at radius 3 is 2.73 bits per heavy atom. The van der Waals surface area contributed by atoms with Gasteiger partial charge in [-0.1, -0.05) is 6.07 Å². The molecule has 0 aliphatic carbocycles. The molecule has 0 saturated carbocycles. The zero-order valence-corrected chi connectivity index (χ0v) is 14.6. The average molecular weight is 354 g/mol. The van der Waals surface area contributed by atoms with Crippen LogP contribution in [-0.2, 0) is 11.4 Å². The van der Waals surface area contributed by atoms with E-state index >= 15 is 0 Å². The van der Waals surface area contributed by atoms with Crippen molar-refractivity contribution < 1.29 is 14.3 Å². The first-order valence-electron chi connectivity index (χ1n) is 8.56. The van der Waals surface area contributed by atoms with E-state index in [1.807, 2.05) is 30.3 Å². The molecule has 26 heavy (non-hydrogen) atoms. The third kappa shape index (κ3) is 4.95. The molecule has 3 rings (SSSR count). The van der Waals surface area contributed by atoms with Crippen LogP contribution in [0.15, 0.2) is 48.7 Å². The average Bonchev–Trinajstić information content (AvgIpc) is 3.10. The third-order valence-corrected chi connectivity index (χ3v) is 4.10.